The lowest BCUT2D eigenvalue weighted by Gasteiger charge is -2.29. The van der Waals surface area contributed by atoms with E-state index in [-0.39, 0.29) is 16.7 Å². The number of nitrogens with zero attached hydrogens (tertiary/aromatic N) is 3. The molecule has 0 saturated carbocycles. The Kier molecular flexibility index (Phi) is 6.19. The fourth-order valence-electron chi connectivity index (χ4n) is 2.45. The number of aromatic amines is 1. The number of aromatic nitrogens is 2. The molecular weight excluding hydrogens is 314 g/mol. The van der Waals surface area contributed by atoms with Crippen LogP contribution < -0.4 is 10.9 Å². The van der Waals surface area contributed by atoms with Crippen molar-refractivity contribution in [3.8, 4) is 6.07 Å². The van der Waals surface area contributed by atoms with Crippen LogP contribution in [0.2, 0.25) is 0 Å². The molecule has 1 aliphatic heterocycles. The van der Waals surface area contributed by atoms with Crippen molar-refractivity contribution in [3.63, 3.8) is 0 Å². The summed E-state index contributed by atoms with van der Waals surface area (Å²) in [5, 5.41) is 12.3. The fourth-order valence-corrected chi connectivity index (χ4v) is 3.35. The van der Waals surface area contributed by atoms with Gasteiger partial charge in [0, 0.05) is 26.2 Å². The highest BCUT2D eigenvalue weighted by Gasteiger charge is 2.24. The number of hydrogen-bond acceptors (Lipinski definition) is 6. The molecule has 1 unspecified atom stereocenters. The van der Waals surface area contributed by atoms with E-state index in [0.717, 1.165) is 19.5 Å². The highest BCUT2D eigenvalue weighted by Crippen LogP contribution is 2.21. The lowest BCUT2D eigenvalue weighted by molar-refractivity contribution is -0.130. The zero-order chi connectivity index (χ0) is 16.8. The lowest BCUT2D eigenvalue weighted by atomic mass is 10.1. The first kappa shape index (κ1) is 17.5. The maximum absolute atomic E-state index is 12.4. The van der Waals surface area contributed by atoms with Gasteiger partial charge in [-0.05, 0) is 13.3 Å². The van der Waals surface area contributed by atoms with Crippen LogP contribution in [-0.2, 0) is 11.2 Å². The van der Waals surface area contributed by atoms with E-state index < -0.39 is 5.56 Å². The van der Waals surface area contributed by atoms with Gasteiger partial charge in [-0.15, -0.1) is 0 Å². The number of nitriles is 1. The van der Waals surface area contributed by atoms with E-state index in [2.05, 4.69) is 15.3 Å². The highest BCUT2D eigenvalue weighted by atomic mass is 32.2. The van der Waals surface area contributed by atoms with Crippen LogP contribution in [0.4, 0.5) is 0 Å². The van der Waals surface area contributed by atoms with Crippen molar-refractivity contribution in [2.24, 2.45) is 0 Å². The van der Waals surface area contributed by atoms with Crippen LogP contribution in [0.15, 0.2) is 9.95 Å². The highest BCUT2D eigenvalue weighted by molar-refractivity contribution is 8.00. The number of amides is 1. The minimum Gasteiger partial charge on any atom is -0.339 e. The molecule has 2 rings (SSSR count). The van der Waals surface area contributed by atoms with Crippen molar-refractivity contribution < 1.29 is 4.79 Å². The van der Waals surface area contributed by atoms with Gasteiger partial charge in [0.1, 0.15) is 11.6 Å². The summed E-state index contributed by atoms with van der Waals surface area (Å²) in [6.45, 7) is 6.77. The molecule has 2 heterocycles. The van der Waals surface area contributed by atoms with Crippen molar-refractivity contribution in [2.45, 2.75) is 37.1 Å². The van der Waals surface area contributed by atoms with E-state index in [4.69, 9.17) is 5.26 Å². The Morgan fingerprint density at radius 2 is 2.17 bits per heavy atom. The van der Waals surface area contributed by atoms with Crippen molar-refractivity contribution in [2.75, 3.05) is 26.2 Å². The first-order valence-electron chi connectivity index (χ1n) is 7.76. The number of rotatable bonds is 5. The molecule has 2 N–H and O–H groups in total. The van der Waals surface area contributed by atoms with E-state index in [1.807, 2.05) is 24.8 Å². The van der Waals surface area contributed by atoms with Crippen LogP contribution in [-0.4, -0.2) is 52.2 Å². The minimum atomic E-state index is -0.435. The van der Waals surface area contributed by atoms with E-state index in [1.54, 1.807) is 0 Å². The van der Waals surface area contributed by atoms with Crippen LogP contribution >= 0.6 is 11.8 Å². The molecule has 23 heavy (non-hydrogen) atoms. The Bertz CT molecular complexity index is 661. The van der Waals surface area contributed by atoms with Gasteiger partial charge >= 0.3 is 0 Å². The molecule has 0 aliphatic carbocycles. The Hall–Kier alpha value is -1.85. The second kappa shape index (κ2) is 8.13. The fraction of sp³-hybridized carbons (Fsp3) is 0.600. The topological polar surface area (TPSA) is 102 Å². The standard InChI is InChI=1S/C15H21N5O2S/c1-3-4-12-11(9-16)13(21)19-15(18-12)23-10(2)14(22)20-7-5-17-6-8-20/h10,17H,3-8H2,1-2H3,(H,18,19,21). The minimum absolute atomic E-state index is 0.0422. The summed E-state index contributed by atoms with van der Waals surface area (Å²) in [4.78, 5) is 33.2. The van der Waals surface area contributed by atoms with Gasteiger partial charge in [-0.3, -0.25) is 9.59 Å². The third-order valence-electron chi connectivity index (χ3n) is 3.64. The molecule has 1 aromatic heterocycles. The maximum Gasteiger partial charge on any atom is 0.269 e. The molecule has 0 aromatic carbocycles. The third kappa shape index (κ3) is 4.33. The number of nitrogens with one attached hydrogen (secondary N) is 2. The van der Waals surface area contributed by atoms with Gasteiger partial charge in [0.15, 0.2) is 5.16 Å². The van der Waals surface area contributed by atoms with Crippen LogP contribution in [0.25, 0.3) is 0 Å². The quantitative estimate of drug-likeness (QED) is 0.600. The summed E-state index contributed by atoms with van der Waals surface area (Å²) >= 11 is 1.23. The van der Waals surface area contributed by atoms with E-state index >= 15 is 0 Å². The van der Waals surface area contributed by atoms with Gasteiger partial charge in [0.2, 0.25) is 5.91 Å². The average molecular weight is 335 g/mol. The number of piperazine rings is 1. The molecule has 0 spiro atoms. The van der Waals surface area contributed by atoms with Gasteiger partial charge in [-0.1, -0.05) is 25.1 Å². The molecule has 1 atom stereocenters. The number of H-pyrrole nitrogens is 1. The number of hydrogen-bond donors (Lipinski definition) is 2. The van der Waals surface area contributed by atoms with Crippen LogP contribution in [0.1, 0.15) is 31.5 Å². The van der Waals surface area contributed by atoms with Gasteiger partial charge in [-0.2, -0.15) is 5.26 Å². The molecule has 1 aromatic rings. The van der Waals surface area contributed by atoms with Gasteiger partial charge in [-0.25, -0.2) is 4.98 Å². The molecule has 124 valence electrons. The predicted molar refractivity (Wildman–Crippen MR) is 88.3 cm³/mol. The Labute approximate surface area is 139 Å². The predicted octanol–water partition coefficient (Wildman–Crippen LogP) is 0.506. The summed E-state index contributed by atoms with van der Waals surface area (Å²) in [6.07, 6.45) is 1.37. The Balaban J connectivity index is 2.14. The molecule has 8 heteroatoms. The SMILES string of the molecule is CCCc1nc(SC(C)C(=O)N2CCNCC2)[nH]c(=O)c1C#N. The normalized spacial score (nSPS) is 16.0. The first-order valence-corrected chi connectivity index (χ1v) is 8.64. The first-order chi connectivity index (χ1) is 11.1. The maximum atomic E-state index is 12.4. The molecular formula is C15H21N5O2S. The molecule has 1 fully saturated rings. The third-order valence-corrected chi connectivity index (χ3v) is 4.61. The van der Waals surface area contributed by atoms with Crippen LogP contribution in [0.5, 0.6) is 0 Å². The molecule has 1 amide bonds. The van der Waals surface area contributed by atoms with E-state index in [0.29, 0.717) is 30.4 Å². The van der Waals surface area contributed by atoms with Gasteiger partial charge in [0.05, 0.1) is 10.9 Å². The molecule has 0 bridgehead atoms. The number of aryl methyl sites for hydroxylation is 1. The van der Waals surface area contributed by atoms with E-state index in [9.17, 15) is 9.59 Å². The number of carbonyl (C=O) groups is 1. The Morgan fingerprint density at radius 3 is 2.78 bits per heavy atom. The average Bonchev–Trinajstić information content (AvgIpc) is 2.55. The van der Waals surface area contributed by atoms with Crippen molar-refractivity contribution in [1.82, 2.24) is 20.2 Å². The zero-order valence-electron chi connectivity index (χ0n) is 13.4. The summed E-state index contributed by atoms with van der Waals surface area (Å²) < 4.78 is 0. The number of carbonyl (C=O) groups excluding carboxylic acids is 1. The lowest BCUT2D eigenvalue weighted by Crippen LogP contribution is -2.48. The zero-order valence-corrected chi connectivity index (χ0v) is 14.2. The second-order valence-corrected chi connectivity index (χ2v) is 6.72. The van der Waals surface area contributed by atoms with Crippen molar-refractivity contribution in [3.05, 3.63) is 21.6 Å². The monoisotopic (exact) mass is 335 g/mol. The van der Waals surface area contributed by atoms with Gasteiger partial charge in [0.25, 0.3) is 5.56 Å². The van der Waals surface area contributed by atoms with Gasteiger partial charge < -0.3 is 15.2 Å². The second-order valence-electron chi connectivity index (χ2n) is 5.39. The molecule has 1 saturated heterocycles. The van der Waals surface area contributed by atoms with E-state index in [1.165, 1.54) is 11.8 Å². The summed E-state index contributed by atoms with van der Waals surface area (Å²) in [5.41, 5.74) is 0.135. The van der Waals surface area contributed by atoms with Crippen molar-refractivity contribution in [1.29, 1.82) is 5.26 Å². The molecule has 1 aliphatic rings. The summed E-state index contributed by atoms with van der Waals surface area (Å²) in [5.74, 6) is 0.0422. The number of thioether (sulfide) groups is 1. The Morgan fingerprint density at radius 1 is 1.48 bits per heavy atom. The molecule has 0 radical (unpaired) electrons. The largest absolute Gasteiger partial charge is 0.339 e. The van der Waals surface area contributed by atoms with Crippen LogP contribution in [0.3, 0.4) is 0 Å². The summed E-state index contributed by atoms with van der Waals surface area (Å²) in [6, 6.07) is 1.91. The van der Waals surface area contributed by atoms with Crippen molar-refractivity contribution >= 4 is 17.7 Å². The van der Waals surface area contributed by atoms with Crippen LogP contribution in [0, 0.1) is 11.3 Å². The smallest absolute Gasteiger partial charge is 0.269 e. The molecule has 7 nitrogen and oxygen atoms in total. The summed E-state index contributed by atoms with van der Waals surface area (Å²) in [7, 11) is 0.